The van der Waals surface area contributed by atoms with Gasteiger partial charge in [-0.15, -0.1) is 11.3 Å². The summed E-state index contributed by atoms with van der Waals surface area (Å²) in [7, 11) is 3.35. The number of hydrogen-bond acceptors (Lipinski definition) is 7. The number of methoxy groups -OCH3 is 2. The first-order valence-corrected chi connectivity index (χ1v) is 10.1. The molecule has 1 atom stereocenters. The average molecular weight is 392 g/mol. The van der Waals surface area contributed by atoms with Gasteiger partial charge in [-0.1, -0.05) is 0 Å². The third kappa shape index (κ3) is 5.42. The van der Waals surface area contributed by atoms with Crippen LogP contribution in [-0.4, -0.2) is 66.4 Å². The van der Waals surface area contributed by atoms with E-state index in [2.05, 4.69) is 26.9 Å². The molecule has 2 aromatic rings. The van der Waals surface area contributed by atoms with Gasteiger partial charge in [0.15, 0.2) is 0 Å². The zero-order valence-electron chi connectivity index (χ0n) is 16.4. The second-order valence-electron chi connectivity index (χ2n) is 6.94. The van der Waals surface area contributed by atoms with Gasteiger partial charge in [-0.3, -0.25) is 9.80 Å². The highest BCUT2D eigenvalue weighted by atomic mass is 32.1. The normalized spacial score (nSPS) is 18.6. The molecule has 0 amide bonds. The van der Waals surface area contributed by atoms with Crippen molar-refractivity contribution in [3.8, 4) is 11.5 Å². The molecule has 0 bridgehead atoms. The van der Waals surface area contributed by atoms with E-state index >= 15 is 0 Å². The van der Waals surface area contributed by atoms with Crippen molar-refractivity contribution < 1.29 is 14.6 Å². The van der Waals surface area contributed by atoms with Crippen molar-refractivity contribution in [2.24, 2.45) is 0 Å². The largest absolute Gasteiger partial charge is 0.497 e. The van der Waals surface area contributed by atoms with Crippen LogP contribution in [0.25, 0.3) is 0 Å². The van der Waals surface area contributed by atoms with E-state index in [1.54, 1.807) is 25.6 Å². The van der Waals surface area contributed by atoms with Gasteiger partial charge in [0, 0.05) is 62.5 Å². The van der Waals surface area contributed by atoms with Gasteiger partial charge in [-0.25, -0.2) is 4.98 Å². The summed E-state index contributed by atoms with van der Waals surface area (Å²) in [4.78, 5) is 10.6. The number of aryl methyl sites for hydroxylation is 1. The second-order valence-corrected chi connectivity index (χ2v) is 8.26. The van der Waals surface area contributed by atoms with Crippen molar-refractivity contribution in [2.75, 3.05) is 40.5 Å². The van der Waals surface area contributed by atoms with E-state index in [0.29, 0.717) is 6.04 Å². The summed E-state index contributed by atoms with van der Waals surface area (Å²) in [6, 6.07) is 6.34. The molecule has 1 aromatic heterocycles. The number of nitrogens with zero attached hydrogens (tertiary/aromatic N) is 3. The van der Waals surface area contributed by atoms with E-state index in [-0.39, 0.29) is 6.61 Å². The number of ether oxygens (including phenoxy) is 2. The fourth-order valence-electron chi connectivity index (χ4n) is 3.62. The minimum atomic E-state index is 0.204. The van der Waals surface area contributed by atoms with Crippen LogP contribution < -0.4 is 9.47 Å². The number of aliphatic hydroxyl groups is 1. The first-order valence-electron chi connectivity index (χ1n) is 9.31. The minimum absolute atomic E-state index is 0.204. The molecule has 1 N–H and O–H groups in total. The van der Waals surface area contributed by atoms with E-state index in [1.807, 2.05) is 19.2 Å². The van der Waals surface area contributed by atoms with Crippen LogP contribution >= 0.6 is 11.3 Å². The minimum Gasteiger partial charge on any atom is -0.497 e. The Morgan fingerprint density at radius 3 is 2.48 bits per heavy atom. The van der Waals surface area contributed by atoms with Crippen LogP contribution in [0.15, 0.2) is 24.4 Å². The lowest BCUT2D eigenvalue weighted by Crippen LogP contribution is -2.52. The van der Waals surface area contributed by atoms with E-state index in [9.17, 15) is 5.11 Å². The van der Waals surface area contributed by atoms with Crippen LogP contribution in [0.2, 0.25) is 0 Å². The number of rotatable bonds is 8. The first-order chi connectivity index (χ1) is 13.1. The van der Waals surface area contributed by atoms with Gasteiger partial charge in [-0.2, -0.15) is 0 Å². The molecule has 1 aliphatic rings. The molecular formula is C20H29N3O3S. The Kier molecular flexibility index (Phi) is 7.07. The zero-order chi connectivity index (χ0) is 19.2. The van der Waals surface area contributed by atoms with Gasteiger partial charge >= 0.3 is 0 Å². The smallest absolute Gasteiger partial charge is 0.122 e. The van der Waals surface area contributed by atoms with Crippen LogP contribution in [-0.2, 0) is 13.1 Å². The maximum Gasteiger partial charge on any atom is 0.122 e. The molecule has 2 heterocycles. The van der Waals surface area contributed by atoms with Crippen LogP contribution in [0, 0.1) is 6.92 Å². The number of piperazine rings is 1. The van der Waals surface area contributed by atoms with Crippen molar-refractivity contribution in [2.45, 2.75) is 32.5 Å². The Labute approximate surface area is 165 Å². The highest BCUT2D eigenvalue weighted by Crippen LogP contribution is 2.26. The van der Waals surface area contributed by atoms with Crippen molar-refractivity contribution in [1.82, 2.24) is 14.8 Å². The number of benzene rings is 1. The quantitative estimate of drug-likeness (QED) is 0.746. The van der Waals surface area contributed by atoms with E-state index in [1.165, 1.54) is 10.4 Å². The number of aromatic nitrogens is 1. The fourth-order valence-corrected chi connectivity index (χ4v) is 4.46. The maximum atomic E-state index is 9.55. The third-order valence-corrected chi connectivity index (χ3v) is 5.89. The fraction of sp³-hybridized carbons (Fsp3) is 0.550. The first kappa shape index (κ1) is 20.1. The Bertz CT molecular complexity index is 715. The van der Waals surface area contributed by atoms with Gasteiger partial charge in [0.05, 0.1) is 19.2 Å². The summed E-state index contributed by atoms with van der Waals surface area (Å²) < 4.78 is 10.8. The standard InChI is InChI=1S/C20H29N3O3S/c1-15-21-11-20(27-15)14-22-5-6-23(17(13-22)4-7-24)12-16-8-18(25-2)10-19(9-16)26-3/h8-11,17,24H,4-7,12-14H2,1-3H3. The molecule has 148 valence electrons. The highest BCUT2D eigenvalue weighted by molar-refractivity contribution is 7.11. The van der Waals surface area contributed by atoms with Gasteiger partial charge in [0.1, 0.15) is 11.5 Å². The van der Waals surface area contributed by atoms with Crippen LogP contribution in [0.4, 0.5) is 0 Å². The van der Waals surface area contributed by atoms with E-state index < -0.39 is 0 Å². The van der Waals surface area contributed by atoms with Gasteiger partial charge in [0.25, 0.3) is 0 Å². The summed E-state index contributed by atoms with van der Waals surface area (Å²) in [5, 5.41) is 10.7. The Hall–Kier alpha value is -1.67. The summed E-state index contributed by atoms with van der Waals surface area (Å²) in [6.45, 7) is 6.96. The number of aliphatic hydroxyl groups excluding tert-OH is 1. The molecule has 3 rings (SSSR count). The van der Waals surface area contributed by atoms with Crippen molar-refractivity contribution in [1.29, 1.82) is 0 Å². The van der Waals surface area contributed by atoms with Crippen LogP contribution in [0.5, 0.6) is 11.5 Å². The summed E-state index contributed by atoms with van der Waals surface area (Å²) in [6.07, 6.45) is 2.76. The average Bonchev–Trinajstić information content (AvgIpc) is 3.08. The zero-order valence-corrected chi connectivity index (χ0v) is 17.2. The molecule has 0 saturated carbocycles. The second kappa shape index (κ2) is 9.50. The molecule has 1 fully saturated rings. The van der Waals surface area contributed by atoms with Crippen LogP contribution in [0.3, 0.4) is 0 Å². The molecule has 6 nitrogen and oxygen atoms in total. The summed E-state index contributed by atoms with van der Waals surface area (Å²) in [5.74, 6) is 1.62. The van der Waals surface area contributed by atoms with Crippen molar-refractivity contribution in [3.05, 3.63) is 39.8 Å². The third-order valence-electron chi connectivity index (χ3n) is 5.00. The predicted molar refractivity (Wildman–Crippen MR) is 108 cm³/mol. The lowest BCUT2D eigenvalue weighted by molar-refractivity contribution is 0.0503. The highest BCUT2D eigenvalue weighted by Gasteiger charge is 2.27. The lowest BCUT2D eigenvalue weighted by Gasteiger charge is -2.41. The van der Waals surface area contributed by atoms with Crippen LogP contribution in [0.1, 0.15) is 21.9 Å². The number of thiazole rings is 1. The molecule has 1 aliphatic heterocycles. The summed E-state index contributed by atoms with van der Waals surface area (Å²) >= 11 is 1.76. The van der Waals surface area contributed by atoms with E-state index in [4.69, 9.17) is 9.47 Å². The van der Waals surface area contributed by atoms with Gasteiger partial charge in [0.2, 0.25) is 0 Å². The molecular weight excluding hydrogens is 362 g/mol. The molecule has 1 unspecified atom stereocenters. The van der Waals surface area contributed by atoms with Crippen molar-refractivity contribution in [3.63, 3.8) is 0 Å². The van der Waals surface area contributed by atoms with Crippen molar-refractivity contribution >= 4 is 11.3 Å². The SMILES string of the molecule is COc1cc(CN2CCN(Cc3cnc(C)s3)CC2CCO)cc(OC)c1. The molecule has 27 heavy (non-hydrogen) atoms. The molecule has 7 heteroatoms. The molecule has 1 saturated heterocycles. The topological polar surface area (TPSA) is 58.1 Å². The summed E-state index contributed by atoms with van der Waals surface area (Å²) in [5.41, 5.74) is 1.17. The monoisotopic (exact) mass is 391 g/mol. The Morgan fingerprint density at radius 2 is 1.89 bits per heavy atom. The van der Waals surface area contributed by atoms with E-state index in [0.717, 1.165) is 55.7 Å². The predicted octanol–water partition coefficient (Wildman–Crippen LogP) is 2.54. The molecule has 0 radical (unpaired) electrons. The Balaban J connectivity index is 1.67. The lowest BCUT2D eigenvalue weighted by atomic mass is 10.1. The number of hydrogen-bond donors (Lipinski definition) is 1. The Morgan fingerprint density at radius 1 is 1.15 bits per heavy atom. The maximum absolute atomic E-state index is 9.55. The van der Waals surface area contributed by atoms with Gasteiger partial charge in [-0.05, 0) is 31.0 Å². The molecule has 0 spiro atoms. The molecule has 1 aromatic carbocycles. The molecule has 0 aliphatic carbocycles. The van der Waals surface area contributed by atoms with Gasteiger partial charge < -0.3 is 14.6 Å².